The minimum absolute atomic E-state index is 0.0616. The van der Waals surface area contributed by atoms with Crippen molar-refractivity contribution in [2.45, 2.75) is 19.8 Å². The number of hydrogen-bond acceptors (Lipinski definition) is 1. The highest BCUT2D eigenvalue weighted by molar-refractivity contribution is 9.10. The normalized spacial score (nSPS) is 10.3. The fourth-order valence-electron chi connectivity index (χ4n) is 2.09. The van der Waals surface area contributed by atoms with Crippen molar-refractivity contribution in [3.63, 3.8) is 0 Å². The van der Waals surface area contributed by atoms with E-state index in [1.807, 2.05) is 43.3 Å². The molecule has 4 heteroatoms. The van der Waals surface area contributed by atoms with Crippen LogP contribution in [0.3, 0.4) is 0 Å². The maximum atomic E-state index is 12.1. The molecule has 0 bridgehead atoms. The summed E-state index contributed by atoms with van der Waals surface area (Å²) in [6.45, 7) is 1.92. The molecule has 0 aliphatic heterocycles. The Balaban J connectivity index is 2.23. The third kappa shape index (κ3) is 3.67. The van der Waals surface area contributed by atoms with Gasteiger partial charge in [-0.25, -0.2) is 0 Å². The minimum atomic E-state index is -0.619. The predicted octanol–water partition coefficient (Wildman–Crippen LogP) is 3.89. The van der Waals surface area contributed by atoms with Crippen LogP contribution in [0.1, 0.15) is 22.3 Å². The Labute approximate surface area is 126 Å². The Bertz CT molecular complexity index is 628. The lowest BCUT2D eigenvalue weighted by Gasteiger charge is -2.09. The third-order valence-corrected chi connectivity index (χ3v) is 4.00. The first-order chi connectivity index (χ1) is 9.60. The van der Waals surface area contributed by atoms with Gasteiger partial charge in [0.05, 0.1) is 6.42 Å². The van der Waals surface area contributed by atoms with Gasteiger partial charge in [-0.3, -0.25) is 4.79 Å². The number of hydrogen-bond donors (Lipinski definition) is 1. The van der Waals surface area contributed by atoms with Crippen LogP contribution in [0.5, 0.6) is 0 Å². The van der Waals surface area contributed by atoms with Gasteiger partial charge in [-0.15, -0.1) is 4.48 Å². The first kappa shape index (κ1) is 14.7. The zero-order valence-corrected chi connectivity index (χ0v) is 12.7. The summed E-state index contributed by atoms with van der Waals surface area (Å²) >= 11 is 3.52. The maximum Gasteiger partial charge on any atom is 0.252 e. The van der Waals surface area contributed by atoms with Gasteiger partial charge in [0.25, 0.3) is 5.91 Å². The molecule has 2 nitrogen and oxygen atoms in total. The van der Waals surface area contributed by atoms with Gasteiger partial charge in [0.2, 0.25) is 0 Å². The van der Waals surface area contributed by atoms with E-state index in [4.69, 9.17) is 0 Å². The first-order valence-electron chi connectivity index (χ1n) is 6.31. The lowest BCUT2D eigenvalue weighted by Crippen LogP contribution is -2.16. The van der Waals surface area contributed by atoms with Gasteiger partial charge >= 0.3 is 0 Å². The average Bonchev–Trinajstić information content (AvgIpc) is 2.45. The molecule has 2 aromatic carbocycles. The van der Waals surface area contributed by atoms with Crippen molar-refractivity contribution >= 4 is 21.8 Å². The molecule has 1 N–H and O–H groups in total. The fraction of sp³-hybridized carbons (Fsp3) is 0.188. The lowest BCUT2D eigenvalue weighted by molar-refractivity contribution is -0.124. The molecule has 0 aliphatic carbocycles. The molecule has 0 spiro atoms. The second-order valence-corrected chi connectivity index (χ2v) is 5.58. The highest BCUT2D eigenvalue weighted by atomic mass is 79.9. The van der Waals surface area contributed by atoms with Crippen molar-refractivity contribution in [2.75, 3.05) is 0 Å². The van der Waals surface area contributed by atoms with Crippen molar-refractivity contribution < 1.29 is 9.28 Å². The van der Waals surface area contributed by atoms with Crippen molar-refractivity contribution in [2.24, 2.45) is 0 Å². The Hall–Kier alpha value is -1.68. The van der Waals surface area contributed by atoms with E-state index in [2.05, 4.69) is 22.0 Å². The first-order valence-corrected chi connectivity index (χ1v) is 7.10. The number of benzene rings is 2. The van der Waals surface area contributed by atoms with Crippen LogP contribution in [0.4, 0.5) is 4.48 Å². The SMILES string of the molecule is Cc1ccc(Cc2ccccc2Br)cc1CC(=O)NF. The van der Waals surface area contributed by atoms with Crippen LogP contribution < -0.4 is 5.54 Å². The molecule has 0 saturated carbocycles. The molecular formula is C16H15BrFNO. The van der Waals surface area contributed by atoms with E-state index in [-0.39, 0.29) is 6.42 Å². The van der Waals surface area contributed by atoms with Crippen LogP contribution in [0.25, 0.3) is 0 Å². The molecule has 0 unspecified atom stereocenters. The predicted molar refractivity (Wildman–Crippen MR) is 81.1 cm³/mol. The fourth-order valence-corrected chi connectivity index (χ4v) is 2.52. The van der Waals surface area contributed by atoms with E-state index >= 15 is 0 Å². The van der Waals surface area contributed by atoms with E-state index < -0.39 is 5.91 Å². The van der Waals surface area contributed by atoms with Gasteiger partial charge in [-0.1, -0.05) is 52.3 Å². The number of aryl methyl sites for hydroxylation is 1. The summed E-state index contributed by atoms with van der Waals surface area (Å²) in [6.07, 6.45) is 0.831. The van der Waals surface area contributed by atoms with Gasteiger partial charge in [-0.2, -0.15) is 5.54 Å². The van der Waals surface area contributed by atoms with Crippen LogP contribution in [0.2, 0.25) is 0 Å². The molecule has 0 saturated heterocycles. The lowest BCUT2D eigenvalue weighted by atomic mass is 9.98. The van der Waals surface area contributed by atoms with E-state index in [1.165, 1.54) is 11.1 Å². The van der Waals surface area contributed by atoms with Crippen LogP contribution in [-0.4, -0.2) is 5.91 Å². The van der Waals surface area contributed by atoms with Crippen LogP contribution in [-0.2, 0) is 17.6 Å². The van der Waals surface area contributed by atoms with Gasteiger partial charge in [0, 0.05) is 4.47 Å². The molecule has 0 aromatic heterocycles. The second-order valence-electron chi connectivity index (χ2n) is 4.72. The molecule has 0 radical (unpaired) electrons. The summed E-state index contributed by atoms with van der Waals surface area (Å²) in [5.41, 5.74) is 5.29. The van der Waals surface area contributed by atoms with E-state index in [9.17, 15) is 9.28 Å². The number of carbonyl (C=O) groups is 1. The molecule has 1 amide bonds. The van der Waals surface area contributed by atoms with E-state index in [0.717, 1.165) is 27.6 Å². The Morgan fingerprint density at radius 1 is 1.20 bits per heavy atom. The van der Waals surface area contributed by atoms with Crippen molar-refractivity contribution in [3.8, 4) is 0 Å². The van der Waals surface area contributed by atoms with E-state index in [1.54, 1.807) is 0 Å². The molecule has 0 atom stereocenters. The van der Waals surface area contributed by atoms with Crippen molar-refractivity contribution in [1.29, 1.82) is 0 Å². The second kappa shape index (κ2) is 6.66. The summed E-state index contributed by atoms with van der Waals surface area (Å²) in [7, 11) is 0. The molecule has 2 rings (SSSR count). The van der Waals surface area contributed by atoms with Crippen LogP contribution in [0, 0.1) is 6.92 Å². The smallest absolute Gasteiger partial charge is 0.252 e. The van der Waals surface area contributed by atoms with E-state index in [0.29, 0.717) is 0 Å². The van der Waals surface area contributed by atoms with Gasteiger partial charge < -0.3 is 0 Å². The van der Waals surface area contributed by atoms with Crippen LogP contribution in [0.15, 0.2) is 46.9 Å². The number of nitrogens with one attached hydrogen (secondary N) is 1. The molecule has 0 fully saturated rings. The summed E-state index contributed by atoms with van der Waals surface area (Å²) < 4.78 is 13.2. The van der Waals surface area contributed by atoms with Gasteiger partial charge in [0.15, 0.2) is 0 Å². The highest BCUT2D eigenvalue weighted by Gasteiger charge is 2.08. The number of carbonyl (C=O) groups excluding carboxylic acids is 1. The highest BCUT2D eigenvalue weighted by Crippen LogP contribution is 2.21. The molecule has 20 heavy (non-hydrogen) atoms. The third-order valence-electron chi connectivity index (χ3n) is 3.22. The molecule has 0 heterocycles. The standard InChI is InChI=1S/C16H15BrFNO/c1-11-6-7-12(9-14(11)10-16(20)19-18)8-13-4-2-3-5-15(13)17/h2-7,9H,8,10H2,1H3,(H,19,20). The largest absolute Gasteiger partial charge is 0.272 e. The quantitative estimate of drug-likeness (QED) is 0.844. The maximum absolute atomic E-state index is 12.1. The van der Waals surface area contributed by atoms with Crippen LogP contribution >= 0.6 is 15.9 Å². The summed E-state index contributed by atoms with van der Waals surface area (Å²) in [5, 5.41) is 0. The van der Waals surface area contributed by atoms with Crippen molar-refractivity contribution in [3.05, 3.63) is 69.2 Å². The summed E-state index contributed by atoms with van der Waals surface area (Å²) in [6, 6.07) is 14.0. The Kier molecular flexibility index (Phi) is 4.90. The Morgan fingerprint density at radius 2 is 1.95 bits per heavy atom. The molecule has 104 valence electrons. The number of amides is 1. The number of rotatable bonds is 4. The van der Waals surface area contributed by atoms with Gasteiger partial charge in [-0.05, 0) is 41.7 Å². The summed E-state index contributed by atoms with van der Waals surface area (Å²) in [4.78, 5) is 11.2. The minimum Gasteiger partial charge on any atom is -0.272 e. The zero-order chi connectivity index (χ0) is 14.5. The Morgan fingerprint density at radius 3 is 2.65 bits per heavy atom. The zero-order valence-electron chi connectivity index (χ0n) is 11.1. The molecule has 0 aliphatic rings. The number of halogens is 2. The topological polar surface area (TPSA) is 29.1 Å². The molecular weight excluding hydrogens is 321 g/mol. The average molecular weight is 336 g/mol. The van der Waals surface area contributed by atoms with Crippen molar-refractivity contribution in [1.82, 2.24) is 5.54 Å². The summed E-state index contributed by atoms with van der Waals surface area (Å²) in [5.74, 6) is -0.619. The monoisotopic (exact) mass is 335 g/mol. The van der Waals surface area contributed by atoms with Gasteiger partial charge in [0.1, 0.15) is 0 Å². The molecule has 2 aromatic rings.